The maximum absolute atomic E-state index is 11.1. The largest absolute Gasteiger partial charge is 0.329 e. The molecule has 3 heteroatoms. The van der Waals surface area contributed by atoms with Gasteiger partial charge >= 0.3 is 0 Å². The van der Waals surface area contributed by atoms with E-state index < -0.39 is 0 Å². The van der Waals surface area contributed by atoms with Gasteiger partial charge in [0, 0.05) is 12.1 Å². The lowest BCUT2D eigenvalue weighted by Crippen LogP contribution is -2.16. The van der Waals surface area contributed by atoms with E-state index in [-0.39, 0.29) is 17.6 Å². The van der Waals surface area contributed by atoms with Gasteiger partial charge in [0.2, 0.25) is 5.91 Å². The number of hydrogen-bond acceptors (Lipinski definition) is 2. The van der Waals surface area contributed by atoms with Crippen LogP contribution in [0.5, 0.6) is 0 Å². The molecule has 1 saturated heterocycles. The summed E-state index contributed by atoms with van der Waals surface area (Å²) in [6, 6.07) is 0. The van der Waals surface area contributed by atoms with E-state index in [0.717, 1.165) is 5.70 Å². The van der Waals surface area contributed by atoms with Crippen molar-refractivity contribution in [2.75, 3.05) is 0 Å². The topological polar surface area (TPSA) is 46.2 Å². The zero-order valence-electron chi connectivity index (χ0n) is 5.83. The Morgan fingerprint density at radius 1 is 1.45 bits per heavy atom. The lowest BCUT2D eigenvalue weighted by molar-refractivity contribution is -0.122. The number of ketones is 1. The van der Waals surface area contributed by atoms with Crippen molar-refractivity contribution >= 4 is 11.7 Å². The fourth-order valence-corrected chi connectivity index (χ4v) is 1.37. The highest BCUT2D eigenvalue weighted by atomic mass is 16.2. The molecular formula is C8H7NO2. The normalized spacial score (nSPS) is 28.0. The molecule has 1 aliphatic carbocycles. The van der Waals surface area contributed by atoms with Crippen molar-refractivity contribution in [3.8, 4) is 0 Å². The number of fused-ring (bicyclic) bond motifs is 1. The van der Waals surface area contributed by atoms with Crippen LogP contribution in [0.2, 0.25) is 0 Å². The van der Waals surface area contributed by atoms with E-state index in [9.17, 15) is 9.59 Å². The Kier molecular flexibility index (Phi) is 1.18. The number of amides is 1. The van der Waals surface area contributed by atoms with E-state index in [0.29, 0.717) is 6.42 Å². The van der Waals surface area contributed by atoms with Crippen molar-refractivity contribution in [2.24, 2.45) is 5.92 Å². The first-order chi connectivity index (χ1) is 5.27. The molecule has 0 saturated carbocycles. The molecule has 11 heavy (non-hydrogen) atoms. The fraction of sp³-hybridized carbons (Fsp3) is 0.250. The molecule has 0 radical (unpaired) electrons. The molecule has 1 unspecified atom stereocenters. The summed E-state index contributed by atoms with van der Waals surface area (Å²) in [6.07, 6.45) is 5.26. The number of hydrogen-bond donors (Lipinski definition) is 1. The van der Waals surface area contributed by atoms with E-state index in [1.807, 2.05) is 0 Å². The summed E-state index contributed by atoms with van der Waals surface area (Å²) in [5.74, 6) is -0.244. The van der Waals surface area contributed by atoms with Crippen LogP contribution in [0.4, 0.5) is 0 Å². The molecule has 1 atom stereocenters. The molecule has 56 valence electrons. The van der Waals surface area contributed by atoms with Crippen LogP contribution < -0.4 is 5.32 Å². The Morgan fingerprint density at radius 2 is 2.27 bits per heavy atom. The zero-order chi connectivity index (χ0) is 7.84. The molecular weight excluding hydrogens is 142 g/mol. The van der Waals surface area contributed by atoms with E-state index in [1.54, 1.807) is 12.2 Å². The first-order valence-electron chi connectivity index (χ1n) is 3.49. The van der Waals surface area contributed by atoms with Gasteiger partial charge in [0.15, 0.2) is 5.78 Å². The summed E-state index contributed by atoms with van der Waals surface area (Å²) in [5, 5.41) is 2.64. The van der Waals surface area contributed by atoms with Crippen molar-refractivity contribution in [1.29, 1.82) is 0 Å². The predicted molar refractivity (Wildman–Crippen MR) is 38.5 cm³/mol. The molecule has 1 fully saturated rings. The lowest BCUT2D eigenvalue weighted by Gasteiger charge is -2.08. The van der Waals surface area contributed by atoms with Crippen molar-refractivity contribution in [2.45, 2.75) is 6.42 Å². The zero-order valence-corrected chi connectivity index (χ0v) is 5.83. The van der Waals surface area contributed by atoms with Crippen LogP contribution in [0.1, 0.15) is 6.42 Å². The predicted octanol–water partition coefficient (Wildman–Crippen LogP) is 0.145. The SMILES string of the molecule is O=C1CC2C(=O)C=CC=C2N1. The quantitative estimate of drug-likeness (QED) is 0.532. The molecule has 1 heterocycles. The van der Waals surface area contributed by atoms with Gasteiger partial charge in [-0.15, -0.1) is 0 Å². The van der Waals surface area contributed by atoms with Gasteiger partial charge < -0.3 is 5.32 Å². The Morgan fingerprint density at radius 3 is 3.00 bits per heavy atom. The average Bonchev–Trinajstić information content (AvgIpc) is 2.31. The third kappa shape index (κ3) is 0.888. The van der Waals surface area contributed by atoms with Crippen molar-refractivity contribution in [3.63, 3.8) is 0 Å². The van der Waals surface area contributed by atoms with Gasteiger partial charge in [-0.3, -0.25) is 9.59 Å². The second kappa shape index (κ2) is 2.05. The lowest BCUT2D eigenvalue weighted by atomic mass is 9.96. The van der Waals surface area contributed by atoms with Gasteiger partial charge in [-0.05, 0) is 12.2 Å². The summed E-state index contributed by atoms with van der Waals surface area (Å²) in [7, 11) is 0. The first-order valence-corrected chi connectivity index (χ1v) is 3.49. The summed E-state index contributed by atoms with van der Waals surface area (Å²) in [5.41, 5.74) is 0.752. The van der Waals surface area contributed by atoms with Crippen molar-refractivity contribution in [1.82, 2.24) is 5.32 Å². The fourth-order valence-electron chi connectivity index (χ4n) is 1.37. The molecule has 1 aliphatic heterocycles. The summed E-state index contributed by atoms with van der Waals surface area (Å²) >= 11 is 0. The van der Waals surface area contributed by atoms with Crippen molar-refractivity contribution < 1.29 is 9.59 Å². The molecule has 3 nitrogen and oxygen atoms in total. The van der Waals surface area contributed by atoms with Crippen molar-refractivity contribution in [3.05, 3.63) is 23.9 Å². The molecule has 0 aromatic heterocycles. The van der Waals surface area contributed by atoms with Crippen LogP contribution in [0.15, 0.2) is 23.9 Å². The average molecular weight is 149 g/mol. The highest BCUT2D eigenvalue weighted by Crippen LogP contribution is 2.24. The second-order valence-electron chi connectivity index (χ2n) is 2.69. The molecule has 1 amide bonds. The standard InChI is InChI=1S/C8H7NO2/c10-7-3-1-2-6-5(7)4-8(11)9-6/h1-3,5H,4H2,(H,9,11). The molecule has 0 spiro atoms. The maximum Gasteiger partial charge on any atom is 0.225 e. The third-order valence-electron chi connectivity index (χ3n) is 1.93. The maximum atomic E-state index is 11.1. The van der Waals surface area contributed by atoms with Crippen LogP contribution in [-0.4, -0.2) is 11.7 Å². The molecule has 2 rings (SSSR count). The minimum absolute atomic E-state index is 0.0286. The van der Waals surface area contributed by atoms with Crippen LogP contribution in [0.3, 0.4) is 0 Å². The summed E-state index contributed by atoms with van der Waals surface area (Å²) < 4.78 is 0. The minimum atomic E-state index is -0.215. The van der Waals surface area contributed by atoms with E-state index in [2.05, 4.69) is 5.32 Å². The first kappa shape index (κ1) is 6.34. The number of carbonyl (C=O) groups excluding carboxylic acids is 2. The Hall–Kier alpha value is -1.38. The van der Waals surface area contributed by atoms with Gasteiger partial charge in [0.25, 0.3) is 0 Å². The van der Waals surface area contributed by atoms with Crippen LogP contribution in [0, 0.1) is 5.92 Å². The Balaban J connectivity index is 2.35. The number of carbonyl (C=O) groups is 2. The van der Waals surface area contributed by atoms with Gasteiger partial charge in [0.1, 0.15) is 0 Å². The number of rotatable bonds is 0. The van der Waals surface area contributed by atoms with Crippen LogP contribution >= 0.6 is 0 Å². The molecule has 2 aliphatic rings. The highest BCUT2D eigenvalue weighted by molar-refractivity contribution is 6.01. The summed E-state index contributed by atoms with van der Waals surface area (Å²) in [4.78, 5) is 21.9. The third-order valence-corrected chi connectivity index (χ3v) is 1.93. The van der Waals surface area contributed by atoms with Gasteiger partial charge in [-0.25, -0.2) is 0 Å². The minimum Gasteiger partial charge on any atom is -0.329 e. The number of nitrogens with one attached hydrogen (secondary N) is 1. The Bertz CT molecular complexity index is 288. The van der Waals surface area contributed by atoms with Gasteiger partial charge in [0.05, 0.1) is 5.92 Å². The highest BCUT2D eigenvalue weighted by Gasteiger charge is 2.32. The second-order valence-corrected chi connectivity index (χ2v) is 2.69. The molecule has 0 aromatic rings. The smallest absolute Gasteiger partial charge is 0.225 e. The van der Waals surface area contributed by atoms with Crippen LogP contribution in [-0.2, 0) is 9.59 Å². The van der Waals surface area contributed by atoms with E-state index in [1.165, 1.54) is 6.08 Å². The van der Waals surface area contributed by atoms with E-state index in [4.69, 9.17) is 0 Å². The molecule has 0 aromatic carbocycles. The van der Waals surface area contributed by atoms with Gasteiger partial charge in [-0.2, -0.15) is 0 Å². The Labute approximate surface area is 63.8 Å². The van der Waals surface area contributed by atoms with E-state index >= 15 is 0 Å². The molecule has 0 bridgehead atoms. The number of allylic oxidation sites excluding steroid dienone is 4. The summed E-state index contributed by atoms with van der Waals surface area (Å²) in [6.45, 7) is 0. The monoisotopic (exact) mass is 149 g/mol. The molecule has 1 N–H and O–H groups in total. The van der Waals surface area contributed by atoms with Crippen LogP contribution in [0.25, 0.3) is 0 Å². The van der Waals surface area contributed by atoms with Gasteiger partial charge in [-0.1, -0.05) is 6.08 Å².